The SMILES string of the molecule is C#CCCCNc1ncnc(Cl)c1Br. The number of hydrogen-bond acceptors (Lipinski definition) is 3. The largest absolute Gasteiger partial charge is 0.369 e. The molecule has 0 aliphatic carbocycles. The van der Waals surface area contributed by atoms with Crippen molar-refractivity contribution in [1.29, 1.82) is 0 Å². The highest BCUT2D eigenvalue weighted by atomic mass is 79.9. The van der Waals surface area contributed by atoms with E-state index >= 15 is 0 Å². The summed E-state index contributed by atoms with van der Waals surface area (Å²) in [5, 5.41) is 3.51. The van der Waals surface area contributed by atoms with Crippen molar-refractivity contribution in [2.75, 3.05) is 11.9 Å². The highest BCUT2D eigenvalue weighted by Gasteiger charge is 2.04. The first-order chi connectivity index (χ1) is 6.75. The van der Waals surface area contributed by atoms with Gasteiger partial charge in [0.15, 0.2) is 0 Å². The van der Waals surface area contributed by atoms with E-state index in [1.54, 1.807) is 0 Å². The Bertz CT molecular complexity index is 348. The number of hydrogen-bond donors (Lipinski definition) is 1. The van der Waals surface area contributed by atoms with Crippen molar-refractivity contribution in [2.45, 2.75) is 12.8 Å². The van der Waals surface area contributed by atoms with Crippen molar-refractivity contribution in [1.82, 2.24) is 9.97 Å². The fraction of sp³-hybridized carbons (Fsp3) is 0.333. The molecule has 1 heterocycles. The number of anilines is 1. The molecule has 14 heavy (non-hydrogen) atoms. The Morgan fingerprint density at radius 3 is 3.07 bits per heavy atom. The summed E-state index contributed by atoms with van der Waals surface area (Å²) < 4.78 is 0.683. The first-order valence-corrected chi connectivity index (χ1v) is 5.26. The quantitative estimate of drug-likeness (QED) is 0.521. The predicted octanol–water partition coefficient (Wildman–Crippen LogP) is 2.72. The summed E-state index contributed by atoms with van der Waals surface area (Å²) in [6.07, 6.45) is 8.20. The molecule has 0 saturated carbocycles. The van der Waals surface area contributed by atoms with Gasteiger partial charge in [-0.3, -0.25) is 0 Å². The Kier molecular flexibility index (Phi) is 4.71. The molecule has 1 rings (SSSR count). The molecule has 0 aromatic carbocycles. The number of nitrogens with zero attached hydrogens (tertiary/aromatic N) is 2. The molecule has 0 atom stereocenters. The second kappa shape index (κ2) is 5.84. The Hall–Kier alpha value is -0.790. The molecule has 0 unspecified atom stereocenters. The lowest BCUT2D eigenvalue weighted by atomic mass is 10.3. The standard InChI is InChI=1S/C9H9BrClN3/c1-2-3-4-5-12-9-7(10)8(11)13-6-14-9/h1,6H,3-5H2,(H,12,13,14). The summed E-state index contributed by atoms with van der Waals surface area (Å²) in [5.41, 5.74) is 0. The van der Waals surface area contributed by atoms with Crippen LogP contribution in [0, 0.1) is 12.3 Å². The molecule has 0 spiro atoms. The maximum atomic E-state index is 5.78. The van der Waals surface area contributed by atoms with Crippen LogP contribution in [0.4, 0.5) is 5.82 Å². The summed E-state index contributed by atoms with van der Waals surface area (Å²) in [7, 11) is 0. The van der Waals surface area contributed by atoms with Crippen molar-refractivity contribution in [3.8, 4) is 12.3 Å². The topological polar surface area (TPSA) is 37.8 Å². The summed E-state index contributed by atoms with van der Waals surface area (Å²) in [6, 6.07) is 0. The monoisotopic (exact) mass is 273 g/mol. The number of unbranched alkanes of at least 4 members (excludes halogenated alkanes) is 1. The van der Waals surface area contributed by atoms with Gasteiger partial charge in [-0.25, -0.2) is 9.97 Å². The minimum atomic E-state index is 0.402. The first-order valence-electron chi connectivity index (χ1n) is 4.09. The molecule has 1 N–H and O–H groups in total. The highest BCUT2D eigenvalue weighted by molar-refractivity contribution is 9.10. The second-order valence-corrected chi connectivity index (χ2v) is 3.71. The minimum Gasteiger partial charge on any atom is -0.369 e. The molecule has 0 amide bonds. The van der Waals surface area contributed by atoms with Crippen LogP contribution in [0.5, 0.6) is 0 Å². The lowest BCUT2D eigenvalue weighted by Gasteiger charge is -2.06. The summed E-state index contributed by atoms with van der Waals surface area (Å²) in [5.74, 6) is 3.27. The Morgan fingerprint density at radius 1 is 1.57 bits per heavy atom. The van der Waals surface area contributed by atoms with Gasteiger partial charge in [0.2, 0.25) is 0 Å². The van der Waals surface area contributed by atoms with Crippen LogP contribution < -0.4 is 5.32 Å². The van der Waals surface area contributed by atoms with E-state index in [9.17, 15) is 0 Å². The number of rotatable bonds is 4. The van der Waals surface area contributed by atoms with Gasteiger partial charge in [-0.2, -0.15) is 0 Å². The molecular formula is C9H9BrClN3. The van der Waals surface area contributed by atoms with Gasteiger partial charge < -0.3 is 5.32 Å². The molecule has 5 heteroatoms. The van der Waals surface area contributed by atoms with Gasteiger partial charge in [-0.15, -0.1) is 12.3 Å². The molecule has 0 saturated heterocycles. The van der Waals surface area contributed by atoms with Crippen LogP contribution in [0.15, 0.2) is 10.8 Å². The predicted molar refractivity (Wildman–Crippen MR) is 61.3 cm³/mol. The van der Waals surface area contributed by atoms with Crippen LogP contribution in [-0.2, 0) is 0 Å². The molecule has 0 aliphatic rings. The minimum absolute atomic E-state index is 0.402. The van der Waals surface area contributed by atoms with Crippen LogP contribution in [0.3, 0.4) is 0 Å². The number of nitrogens with one attached hydrogen (secondary N) is 1. The molecule has 74 valence electrons. The van der Waals surface area contributed by atoms with Crippen LogP contribution in [0.2, 0.25) is 5.15 Å². The zero-order valence-electron chi connectivity index (χ0n) is 7.43. The zero-order chi connectivity index (χ0) is 10.4. The van der Waals surface area contributed by atoms with E-state index in [0.717, 1.165) is 19.4 Å². The maximum absolute atomic E-state index is 5.78. The lowest BCUT2D eigenvalue weighted by Crippen LogP contribution is -2.04. The van der Waals surface area contributed by atoms with Gasteiger partial charge in [0.25, 0.3) is 0 Å². The third kappa shape index (κ3) is 3.17. The summed E-state index contributed by atoms with van der Waals surface area (Å²) in [6.45, 7) is 0.774. The molecule has 3 nitrogen and oxygen atoms in total. The molecule has 1 aromatic rings. The molecule has 0 radical (unpaired) electrons. The van der Waals surface area contributed by atoms with Crippen LogP contribution in [0.25, 0.3) is 0 Å². The van der Waals surface area contributed by atoms with Crippen LogP contribution in [0.1, 0.15) is 12.8 Å². The third-order valence-electron chi connectivity index (χ3n) is 1.54. The van der Waals surface area contributed by atoms with Crippen molar-refractivity contribution < 1.29 is 0 Å². The summed E-state index contributed by atoms with van der Waals surface area (Å²) in [4.78, 5) is 7.85. The fourth-order valence-corrected chi connectivity index (χ4v) is 1.35. The van der Waals surface area contributed by atoms with Crippen molar-refractivity contribution in [3.63, 3.8) is 0 Å². The zero-order valence-corrected chi connectivity index (χ0v) is 9.77. The molecule has 0 bridgehead atoms. The first kappa shape index (κ1) is 11.3. The average Bonchev–Trinajstić information content (AvgIpc) is 2.19. The number of aromatic nitrogens is 2. The van der Waals surface area contributed by atoms with Gasteiger partial charge in [0.05, 0.1) is 4.47 Å². The third-order valence-corrected chi connectivity index (χ3v) is 2.80. The van der Waals surface area contributed by atoms with Crippen molar-refractivity contribution in [3.05, 3.63) is 16.0 Å². The number of terminal acetylenes is 1. The molecule has 0 fully saturated rings. The van der Waals surface area contributed by atoms with E-state index in [1.807, 2.05) is 0 Å². The second-order valence-electron chi connectivity index (χ2n) is 2.56. The van der Waals surface area contributed by atoms with Gasteiger partial charge in [-0.05, 0) is 22.4 Å². The Balaban J connectivity index is 2.51. The van der Waals surface area contributed by atoms with Crippen LogP contribution in [-0.4, -0.2) is 16.5 Å². The van der Waals surface area contributed by atoms with Gasteiger partial charge in [0.1, 0.15) is 17.3 Å². The van der Waals surface area contributed by atoms with E-state index in [1.165, 1.54) is 6.33 Å². The van der Waals surface area contributed by atoms with E-state index in [0.29, 0.717) is 15.4 Å². The maximum Gasteiger partial charge on any atom is 0.148 e. The molecule has 0 aliphatic heterocycles. The summed E-state index contributed by atoms with van der Waals surface area (Å²) >= 11 is 9.07. The fourth-order valence-electron chi connectivity index (χ4n) is 0.869. The normalized spacial score (nSPS) is 9.50. The van der Waals surface area contributed by atoms with E-state index in [4.69, 9.17) is 18.0 Å². The number of halogens is 2. The lowest BCUT2D eigenvalue weighted by molar-refractivity contribution is 0.898. The van der Waals surface area contributed by atoms with Crippen molar-refractivity contribution in [2.24, 2.45) is 0 Å². The smallest absolute Gasteiger partial charge is 0.148 e. The van der Waals surface area contributed by atoms with E-state index in [-0.39, 0.29) is 0 Å². The van der Waals surface area contributed by atoms with Crippen LogP contribution >= 0.6 is 27.5 Å². The molecular weight excluding hydrogens is 265 g/mol. The van der Waals surface area contributed by atoms with Crippen molar-refractivity contribution >= 4 is 33.3 Å². The average molecular weight is 275 g/mol. The Morgan fingerprint density at radius 2 is 2.36 bits per heavy atom. The van der Waals surface area contributed by atoms with Gasteiger partial charge >= 0.3 is 0 Å². The van der Waals surface area contributed by atoms with Gasteiger partial charge in [0, 0.05) is 13.0 Å². The Labute approximate surface area is 96.4 Å². The molecule has 1 aromatic heterocycles. The van der Waals surface area contributed by atoms with Gasteiger partial charge in [-0.1, -0.05) is 11.6 Å². The highest BCUT2D eigenvalue weighted by Crippen LogP contribution is 2.25. The van der Waals surface area contributed by atoms with E-state index < -0.39 is 0 Å². The van der Waals surface area contributed by atoms with E-state index in [2.05, 4.69) is 37.1 Å².